The number of alkyl halides is 3. The van der Waals surface area contributed by atoms with Crippen molar-refractivity contribution in [2.45, 2.75) is 37.6 Å². The van der Waals surface area contributed by atoms with Gasteiger partial charge in [-0.25, -0.2) is 4.39 Å². The zero-order valence-electron chi connectivity index (χ0n) is 17.9. The second-order valence-electron chi connectivity index (χ2n) is 7.89. The van der Waals surface area contributed by atoms with E-state index in [0.29, 0.717) is 13.0 Å². The number of hydrogen-bond acceptors (Lipinski definition) is 6. The van der Waals surface area contributed by atoms with Gasteiger partial charge in [-0.2, -0.15) is 17.6 Å². The maximum Gasteiger partial charge on any atom is 0.417 e. The van der Waals surface area contributed by atoms with Crippen LogP contribution in [0.25, 0.3) is 0 Å². The number of nitrogens with one attached hydrogen (secondary N) is 1. The Kier molecular flexibility index (Phi) is 6.44. The minimum Gasteiger partial charge on any atom is -0.508 e. The van der Waals surface area contributed by atoms with E-state index < -0.39 is 75.1 Å². The Morgan fingerprint density at radius 2 is 1.91 bits per heavy atom. The van der Waals surface area contributed by atoms with Crippen LogP contribution >= 0.6 is 0 Å². The van der Waals surface area contributed by atoms with Crippen molar-refractivity contribution >= 4 is 17.3 Å². The van der Waals surface area contributed by atoms with E-state index in [0.717, 1.165) is 38.3 Å². The molecule has 184 valence electrons. The van der Waals surface area contributed by atoms with E-state index in [2.05, 4.69) is 5.32 Å². The van der Waals surface area contributed by atoms with Crippen LogP contribution in [0.15, 0.2) is 30.3 Å². The third kappa shape index (κ3) is 4.11. The van der Waals surface area contributed by atoms with Crippen molar-refractivity contribution < 1.29 is 46.3 Å². The predicted octanol–water partition coefficient (Wildman–Crippen LogP) is 4.67. The number of ether oxygens (including phenoxy) is 2. The molecular formula is C21H19F5N2O6. The molecule has 2 aromatic carbocycles. The molecule has 0 radical (unpaired) electrons. The van der Waals surface area contributed by atoms with Crippen LogP contribution < -0.4 is 10.1 Å². The van der Waals surface area contributed by atoms with Crippen molar-refractivity contribution in [1.29, 1.82) is 0 Å². The van der Waals surface area contributed by atoms with E-state index in [4.69, 9.17) is 9.47 Å². The van der Waals surface area contributed by atoms with Crippen molar-refractivity contribution in [1.82, 2.24) is 0 Å². The summed E-state index contributed by atoms with van der Waals surface area (Å²) in [7, 11) is 0.986. The highest BCUT2D eigenvalue weighted by Crippen LogP contribution is 2.55. The van der Waals surface area contributed by atoms with Crippen molar-refractivity contribution in [3.63, 3.8) is 0 Å². The van der Waals surface area contributed by atoms with Gasteiger partial charge in [-0.15, -0.1) is 0 Å². The average molecular weight is 490 g/mol. The number of anilines is 1. The average Bonchev–Trinajstić information content (AvgIpc) is 3.03. The lowest BCUT2D eigenvalue weighted by Gasteiger charge is -2.32. The summed E-state index contributed by atoms with van der Waals surface area (Å²) in [5.74, 6) is -8.12. The number of carbonyl (C=O) groups is 1. The van der Waals surface area contributed by atoms with Gasteiger partial charge in [0.1, 0.15) is 17.5 Å². The minimum atomic E-state index is -4.96. The Morgan fingerprint density at radius 1 is 1.26 bits per heavy atom. The number of nitrogens with zero attached hydrogens (tertiary/aromatic N) is 1. The number of aromatic hydroxyl groups is 1. The van der Waals surface area contributed by atoms with E-state index in [-0.39, 0.29) is 5.56 Å². The molecule has 1 aliphatic rings. The third-order valence-corrected chi connectivity index (χ3v) is 6.01. The predicted molar refractivity (Wildman–Crippen MR) is 108 cm³/mol. The number of carbonyl (C=O) groups excluding carboxylic acids is 1. The van der Waals surface area contributed by atoms with Crippen LogP contribution in [-0.2, 0) is 9.53 Å². The van der Waals surface area contributed by atoms with Gasteiger partial charge in [0.05, 0.1) is 18.1 Å². The standard InChI is InChI=1S/C21H19F5N2O6/c1-9-15(11-5-6-12(22)16(23)17(11)33-3)18(34-20(9,2)21(24,25)26)19(30)27-13-7-4-10(29)8-14(13)28(31)32/h4-9,15,18,29H,1-3H3,(H,27,30)/t9-,15-,18+,20+/m0/s1. The molecule has 0 unspecified atom stereocenters. The summed E-state index contributed by atoms with van der Waals surface area (Å²) in [4.78, 5) is 23.4. The molecule has 1 fully saturated rings. The van der Waals surface area contributed by atoms with Crippen LogP contribution in [-0.4, -0.2) is 40.9 Å². The molecule has 1 heterocycles. The lowest BCUT2D eigenvalue weighted by atomic mass is 9.77. The third-order valence-electron chi connectivity index (χ3n) is 6.01. The van der Waals surface area contributed by atoms with Gasteiger partial charge in [0.2, 0.25) is 5.82 Å². The Hall–Kier alpha value is -3.48. The van der Waals surface area contributed by atoms with Gasteiger partial charge in [-0.3, -0.25) is 14.9 Å². The van der Waals surface area contributed by atoms with Gasteiger partial charge in [-0.05, 0) is 25.1 Å². The number of phenols is 1. The summed E-state index contributed by atoms with van der Waals surface area (Å²) in [6.45, 7) is 1.85. The Labute approximate surface area is 189 Å². The van der Waals surface area contributed by atoms with Gasteiger partial charge < -0.3 is 19.9 Å². The molecule has 2 N–H and O–H groups in total. The highest BCUT2D eigenvalue weighted by Gasteiger charge is 2.66. The number of nitro benzene ring substituents is 1. The van der Waals surface area contributed by atoms with Crippen molar-refractivity contribution in [3.05, 3.63) is 57.6 Å². The van der Waals surface area contributed by atoms with Crippen molar-refractivity contribution in [2.24, 2.45) is 5.92 Å². The zero-order valence-corrected chi connectivity index (χ0v) is 17.9. The summed E-state index contributed by atoms with van der Waals surface area (Å²) in [5.41, 5.74) is -4.26. The van der Waals surface area contributed by atoms with Crippen LogP contribution in [0.4, 0.5) is 33.3 Å². The quantitative estimate of drug-likeness (QED) is 0.273. The minimum absolute atomic E-state index is 0.248. The van der Waals surface area contributed by atoms with Gasteiger partial charge in [0.25, 0.3) is 11.6 Å². The fourth-order valence-electron chi connectivity index (χ4n) is 4.02. The first-order chi connectivity index (χ1) is 15.7. The first-order valence-corrected chi connectivity index (χ1v) is 9.77. The summed E-state index contributed by atoms with van der Waals surface area (Å²) in [5, 5.41) is 22.9. The van der Waals surface area contributed by atoms with Crippen LogP contribution in [0.5, 0.6) is 11.5 Å². The van der Waals surface area contributed by atoms with E-state index in [1.54, 1.807) is 0 Å². The SMILES string of the molecule is COc1c([C@H]2[C@H](C(=O)Nc3ccc(O)cc3[N+](=O)[O-])O[C@@](C)(C(F)(F)F)[C@H]2C)ccc(F)c1F. The summed E-state index contributed by atoms with van der Waals surface area (Å²) < 4.78 is 80.0. The highest BCUT2D eigenvalue weighted by atomic mass is 19.4. The number of phenolic OH excluding ortho intramolecular Hbond substituents is 1. The molecule has 1 amide bonds. The lowest BCUT2D eigenvalue weighted by molar-refractivity contribution is -0.384. The normalized spacial score (nSPS) is 24.6. The highest BCUT2D eigenvalue weighted by molar-refractivity contribution is 5.97. The fraction of sp³-hybridized carbons (Fsp3) is 0.381. The Morgan fingerprint density at radius 3 is 2.47 bits per heavy atom. The molecule has 0 aliphatic carbocycles. The smallest absolute Gasteiger partial charge is 0.417 e. The topological polar surface area (TPSA) is 111 Å². The van der Waals surface area contributed by atoms with Crippen molar-refractivity contribution in [2.75, 3.05) is 12.4 Å². The van der Waals surface area contributed by atoms with Crippen LogP contribution in [0, 0.1) is 27.7 Å². The van der Waals surface area contributed by atoms with Crippen molar-refractivity contribution in [3.8, 4) is 11.5 Å². The van der Waals surface area contributed by atoms with Gasteiger partial charge >= 0.3 is 6.18 Å². The number of methoxy groups -OCH3 is 1. The lowest BCUT2D eigenvalue weighted by Crippen LogP contribution is -2.47. The van der Waals surface area contributed by atoms with Gasteiger partial charge in [0.15, 0.2) is 17.2 Å². The molecule has 1 aliphatic heterocycles. The second kappa shape index (κ2) is 8.70. The number of benzene rings is 2. The van der Waals surface area contributed by atoms with Gasteiger partial charge in [0, 0.05) is 17.4 Å². The zero-order chi connectivity index (χ0) is 25.6. The van der Waals surface area contributed by atoms with Crippen LogP contribution in [0.2, 0.25) is 0 Å². The number of halogens is 5. The molecule has 8 nitrogen and oxygen atoms in total. The Bertz CT molecular complexity index is 1140. The maximum atomic E-state index is 14.4. The monoisotopic (exact) mass is 490 g/mol. The maximum absolute atomic E-state index is 14.4. The summed E-state index contributed by atoms with van der Waals surface area (Å²) >= 11 is 0. The van der Waals surface area contributed by atoms with Crippen LogP contribution in [0.1, 0.15) is 25.3 Å². The molecule has 3 rings (SSSR count). The molecule has 0 saturated carbocycles. The summed E-state index contributed by atoms with van der Waals surface area (Å²) in [6, 6.07) is 4.43. The molecule has 13 heteroatoms. The molecule has 0 bridgehead atoms. The first-order valence-electron chi connectivity index (χ1n) is 9.77. The number of hydrogen-bond donors (Lipinski definition) is 2. The molecule has 4 atom stereocenters. The number of nitro groups is 1. The fourth-order valence-corrected chi connectivity index (χ4v) is 4.02. The molecular weight excluding hydrogens is 471 g/mol. The largest absolute Gasteiger partial charge is 0.508 e. The van der Waals surface area contributed by atoms with Gasteiger partial charge in [-0.1, -0.05) is 13.0 Å². The molecule has 0 spiro atoms. The van der Waals surface area contributed by atoms with E-state index in [1.807, 2.05) is 0 Å². The number of amides is 1. The first kappa shape index (κ1) is 25.1. The Balaban J connectivity index is 2.12. The second-order valence-corrected chi connectivity index (χ2v) is 7.89. The van der Waals surface area contributed by atoms with Crippen LogP contribution in [0.3, 0.4) is 0 Å². The summed E-state index contributed by atoms with van der Waals surface area (Å²) in [6.07, 6.45) is -6.88. The van der Waals surface area contributed by atoms with E-state index in [9.17, 15) is 42.0 Å². The number of rotatable bonds is 5. The molecule has 0 aromatic heterocycles. The molecule has 34 heavy (non-hydrogen) atoms. The van der Waals surface area contributed by atoms with E-state index in [1.165, 1.54) is 0 Å². The van der Waals surface area contributed by atoms with E-state index >= 15 is 0 Å². The molecule has 1 saturated heterocycles. The molecule has 2 aromatic rings.